The summed E-state index contributed by atoms with van der Waals surface area (Å²) in [6.45, 7) is 4.05. The number of hydrogen-bond acceptors (Lipinski definition) is 2. The van der Waals surface area contributed by atoms with Gasteiger partial charge in [-0.2, -0.15) is 0 Å². The number of aromatic carboxylic acids is 1. The van der Waals surface area contributed by atoms with Crippen LogP contribution in [0.5, 0.6) is 0 Å². The summed E-state index contributed by atoms with van der Waals surface area (Å²) in [5, 5.41) is 14.3. The molecule has 0 spiro atoms. The third kappa shape index (κ3) is 2.46. The molecule has 2 rings (SSSR count). The zero-order valence-corrected chi connectivity index (χ0v) is 10.4. The Kier molecular flexibility index (Phi) is 3.53. The highest BCUT2D eigenvalue weighted by Crippen LogP contribution is 2.27. The predicted molar refractivity (Wildman–Crippen MR) is 74.4 cm³/mol. The molecular weight excluding hydrogens is 250 g/mol. The van der Waals surface area contributed by atoms with Gasteiger partial charge >= 0.3 is 5.97 Å². The molecule has 0 amide bonds. The van der Waals surface area contributed by atoms with Gasteiger partial charge in [-0.3, -0.25) is 0 Å². The van der Waals surface area contributed by atoms with Gasteiger partial charge in [0.05, 0.1) is 12.1 Å². The molecule has 0 radical (unpaired) electrons. The number of carbonyl (C=O) groups is 1. The summed E-state index contributed by atoms with van der Waals surface area (Å²) in [4.78, 5) is 11.1. The first-order chi connectivity index (χ1) is 8.59. The first kappa shape index (κ1) is 12.5. The summed E-state index contributed by atoms with van der Waals surface area (Å²) in [6, 6.07) is 10.7. The Hall–Kier alpha value is -2.00. The van der Waals surface area contributed by atoms with Crippen LogP contribution in [0.25, 0.3) is 10.8 Å². The maximum atomic E-state index is 11.1. The normalized spacial score (nSPS) is 10.3. The second-order valence-corrected chi connectivity index (χ2v) is 4.42. The van der Waals surface area contributed by atoms with E-state index < -0.39 is 5.97 Å². The van der Waals surface area contributed by atoms with E-state index in [1.54, 1.807) is 18.2 Å². The predicted octanol–water partition coefficient (Wildman–Crippen LogP) is 3.70. The molecule has 92 valence electrons. The minimum absolute atomic E-state index is 0.292. The van der Waals surface area contributed by atoms with Crippen LogP contribution in [0.1, 0.15) is 10.4 Å². The molecule has 0 heterocycles. The molecule has 2 N–H and O–H groups in total. The largest absolute Gasteiger partial charge is 0.478 e. The molecule has 3 nitrogen and oxygen atoms in total. The third-order valence-corrected chi connectivity index (χ3v) is 2.76. The zero-order valence-electron chi connectivity index (χ0n) is 9.61. The number of halogens is 1. The number of carboxylic acids is 1. The van der Waals surface area contributed by atoms with Crippen molar-refractivity contribution in [3.63, 3.8) is 0 Å². The molecule has 0 saturated carbocycles. The molecule has 0 fully saturated rings. The fraction of sp³-hybridized carbons (Fsp3) is 0.0714. The summed E-state index contributed by atoms with van der Waals surface area (Å²) in [6.07, 6.45) is 0. The van der Waals surface area contributed by atoms with Crippen LogP contribution in [0, 0.1) is 0 Å². The Balaban J connectivity index is 2.53. The SMILES string of the molecule is C=C(Cl)CNc1ccc(C(=O)O)c2ccccc12. The summed E-state index contributed by atoms with van der Waals surface area (Å²) in [7, 11) is 0. The summed E-state index contributed by atoms with van der Waals surface area (Å²) in [5.74, 6) is -0.931. The average molecular weight is 262 g/mol. The number of benzene rings is 2. The van der Waals surface area contributed by atoms with Crippen LogP contribution in [-0.2, 0) is 0 Å². The fourth-order valence-corrected chi connectivity index (χ4v) is 1.90. The minimum Gasteiger partial charge on any atom is -0.478 e. The Morgan fingerprint density at radius 1 is 1.22 bits per heavy atom. The van der Waals surface area contributed by atoms with Gasteiger partial charge in [-0.25, -0.2) is 4.79 Å². The van der Waals surface area contributed by atoms with Crippen molar-refractivity contribution in [3.8, 4) is 0 Å². The number of carboxylic acid groups (broad SMARTS) is 1. The molecule has 0 aliphatic carbocycles. The average Bonchev–Trinajstić information content (AvgIpc) is 2.35. The molecule has 2 aromatic carbocycles. The lowest BCUT2D eigenvalue weighted by atomic mass is 10.0. The van der Waals surface area contributed by atoms with E-state index in [0.29, 0.717) is 22.5 Å². The minimum atomic E-state index is -0.931. The van der Waals surface area contributed by atoms with Gasteiger partial charge < -0.3 is 10.4 Å². The van der Waals surface area contributed by atoms with E-state index in [1.165, 1.54) is 0 Å². The van der Waals surface area contributed by atoms with Crippen LogP contribution in [-0.4, -0.2) is 17.6 Å². The Morgan fingerprint density at radius 2 is 1.89 bits per heavy atom. The van der Waals surface area contributed by atoms with Crippen LogP contribution >= 0.6 is 11.6 Å². The molecule has 0 aliphatic rings. The third-order valence-electron chi connectivity index (χ3n) is 2.63. The van der Waals surface area contributed by atoms with E-state index in [2.05, 4.69) is 11.9 Å². The van der Waals surface area contributed by atoms with Crippen molar-refractivity contribution in [2.24, 2.45) is 0 Å². The molecule has 18 heavy (non-hydrogen) atoms. The van der Waals surface area contributed by atoms with Gasteiger partial charge in [0.2, 0.25) is 0 Å². The second-order valence-electron chi connectivity index (χ2n) is 3.88. The molecule has 2 aromatic rings. The first-order valence-electron chi connectivity index (χ1n) is 5.42. The van der Waals surface area contributed by atoms with Crippen molar-refractivity contribution in [1.29, 1.82) is 0 Å². The van der Waals surface area contributed by atoms with Crippen LogP contribution < -0.4 is 5.32 Å². The highest BCUT2D eigenvalue weighted by molar-refractivity contribution is 6.29. The smallest absolute Gasteiger partial charge is 0.336 e. The number of anilines is 1. The summed E-state index contributed by atoms with van der Waals surface area (Å²) in [5.41, 5.74) is 1.14. The molecule has 4 heteroatoms. The van der Waals surface area contributed by atoms with Crippen molar-refractivity contribution in [1.82, 2.24) is 0 Å². The Morgan fingerprint density at radius 3 is 2.50 bits per heavy atom. The van der Waals surface area contributed by atoms with E-state index in [0.717, 1.165) is 11.1 Å². The van der Waals surface area contributed by atoms with Crippen molar-refractivity contribution in [2.45, 2.75) is 0 Å². The highest BCUT2D eigenvalue weighted by atomic mass is 35.5. The van der Waals surface area contributed by atoms with E-state index in [9.17, 15) is 4.79 Å². The van der Waals surface area contributed by atoms with Gasteiger partial charge in [0, 0.05) is 16.1 Å². The lowest BCUT2D eigenvalue weighted by Gasteiger charge is -2.10. The maximum absolute atomic E-state index is 11.1. The quantitative estimate of drug-likeness (QED) is 0.882. The van der Waals surface area contributed by atoms with Gasteiger partial charge in [-0.15, -0.1) is 0 Å². The molecule has 0 saturated heterocycles. The van der Waals surface area contributed by atoms with Gasteiger partial charge in [0.25, 0.3) is 0 Å². The van der Waals surface area contributed by atoms with Crippen LogP contribution in [0.15, 0.2) is 48.0 Å². The maximum Gasteiger partial charge on any atom is 0.336 e. The Labute approximate surface area is 110 Å². The van der Waals surface area contributed by atoms with Crippen molar-refractivity contribution >= 4 is 34.0 Å². The lowest BCUT2D eigenvalue weighted by molar-refractivity contribution is 0.0699. The van der Waals surface area contributed by atoms with Crippen LogP contribution in [0.2, 0.25) is 0 Å². The van der Waals surface area contributed by atoms with Crippen LogP contribution in [0.4, 0.5) is 5.69 Å². The number of fused-ring (bicyclic) bond motifs is 1. The molecule has 0 unspecified atom stereocenters. The number of rotatable bonds is 4. The first-order valence-corrected chi connectivity index (χ1v) is 5.79. The molecule has 0 bridgehead atoms. The highest BCUT2D eigenvalue weighted by Gasteiger charge is 2.10. The van der Waals surface area contributed by atoms with Crippen molar-refractivity contribution in [3.05, 3.63) is 53.6 Å². The van der Waals surface area contributed by atoms with E-state index in [1.807, 2.05) is 18.2 Å². The second kappa shape index (κ2) is 5.10. The van der Waals surface area contributed by atoms with Crippen molar-refractivity contribution in [2.75, 3.05) is 11.9 Å². The molecule has 0 aliphatic heterocycles. The van der Waals surface area contributed by atoms with Gasteiger partial charge in [0.15, 0.2) is 0 Å². The van der Waals surface area contributed by atoms with E-state index >= 15 is 0 Å². The van der Waals surface area contributed by atoms with E-state index in [4.69, 9.17) is 16.7 Å². The van der Waals surface area contributed by atoms with Crippen molar-refractivity contribution < 1.29 is 9.90 Å². The zero-order chi connectivity index (χ0) is 13.1. The number of nitrogens with one attached hydrogen (secondary N) is 1. The lowest BCUT2D eigenvalue weighted by Crippen LogP contribution is -2.03. The monoisotopic (exact) mass is 261 g/mol. The van der Waals surface area contributed by atoms with Crippen LogP contribution in [0.3, 0.4) is 0 Å². The summed E-state index contributed by atoms with van der Waals surface area (Å²) >= 11 is 5.71. The van der Waals surface area contributed by atoms with Gasteiger partial charge in [-0.05, 0) is 17.5 Å². The molecule has 0 aromatic heterocycles. The van der Waals surface area contributed by atoms with Gasteiger partial charge in [0.1, 0.15) is 0 Å². The van der Waals surface area contributed by atoms with E-state index in [-0.39, 0.29) is 0 Å². The number of hydrogen-bond donors (Lipinski definition) is 2. The van der Waals surface area contributed by atoms with Gasteiger partial charge in [-0.1, -0.05) is 42.4 Å². The molecule has 0 atom stereocenters. The topological polar surface area (TPSA) is 49.3 Å². The summed E-state index contributed by atoms with van der Waals surface area (Å²) < 4.78 is 0. The standard InChI is InChI=1S/C14H12ClNO2/c1-9(15)8-16-13-7-6-12(14(17)18)10-4-2-3-5-11(10)13/h2-7,16H,1,8H2,(H,17,18). The molecular formula is C14H12ClNO2. The fourth-order valence-electron chi connectivity index (χ4n) is 1.83. The Bertz CT molecular complexity index is 622.